The average Bonchev–Trinajstić information content (AvgIpc) is 2.46. The van der Waals surface area contributed by atoms with Crippen molar-refractivity contribution >= 4 is 17.3 Å². The summed E-state index contributed by atoms with van der Waals surface area (Å²) in [6.45, 7) is 5.07. The van der Waals surface area contributed by atoms with Crippen molar-refractivity contribution in [1.29, 1.82) is 0 Å². The minimum atomic E-state index is -0.316. The molecule has 0 bridgehead atoms. The van der Waals surface area contributed by atoms with Crippen molar-refractivity contribution in [1.82, 2.24) is 0 Å². The van der Waals surface area contributed by atoms with Crippen LogP contribution in [0.4, 0.5) is 10.1 Å². The number of hydrogen-bond acceptors (Lipinski definition) is 2. The summed E-state index contributed by atoms with van der Waals surface area (Å²) in [6, 6.07) is 12.5. The molecule has 0 aliphatic heterocycles. The number of nitrogens with zero attached hydrogens (tertiary/aromatic N) is 1. The van der Waals surface area contributed by atoms with Gasteiger partial charge in [0.1, 0.15) is 5.82 Å². The quantitative estimate of drug-likeness (QED) is 0.891. The lowest BCUT2D eigenvalue weighted by Gasteiger charge is -2.33. The van der Waals surface area contributed by atoms with Gasteiger partial charge in [0.05, 0.1) is 6.04 Å². The van der Waals surface area contributed by atoms with Crippen LogP contribution < -0.4 is 10.6 Å². The summed E-state index contributed by atoms with van der Waals surface area (Å²) >= 11 is 6.20. The minimum absolute atomic E-state index is 0.287. The Morgan fingerprint density at radius 3 is 2.52 bits per heavy atom. The average molecular weight is 307 g/mol. The van der Waals surface area contributed by atoms with E-state index in [1.54, 1.807) is 12.1 Å². The Kier molecular flexibility index (Phi) is 5.21. The predicted octanol–water partition coefficient (Wildman–Crippen LogP) is 4.31. The van der Waals surface area contributed by atoms with Gasteiger partial charge in [0, 0.05) is 29.4 Å². The zero-order valence-electron chi connectivity index (χ0n) is 12.3. The molecule has 21 heavy (non-hydrogen) atoms. The summed E-state index contributed by atoms with van der Waals surface area (Å²) < 4.78 is 14.2. The molecular weight excluding hydrogens is 287 g/mol. The minimum Gasteiger partial charge on any atom is -0.363 e. The lowest BCUT2D eigenvalue weighted by molar-refractivity contribution is 0.562. The maximum absolute atomic E-state index is 14.2. The van der Waals surface area contributed by atoms with E-state index < -0.39 is 0 Å². The van der Waals surface area contributed by atoms with Crippen molar-refractivity contribution in [2.45, 2.75) is 19.9 Å². The molecule has 0 aromatic heterocycles. The highest BCUT2D eigenvalue weighted by atomic mass is 35.5. The first kappa shape index (κ1) is 15.8. The van der Waals surface area contributed by atoms with Gasteiger partial charge in [-0.25, -0.2) is 4.39 Å². The third-order valence-electron chi connectivity index (χ3n) is 3.61. The molecule has 112 valence electrons. The molecule has 2 rings (SSSR count). The Balaban J connectivity index is 2.48. The Morgan fingerprint density at radius 2 is 1.95 bits per heavy atom. The first-order valence-corrected chi connectivity index (χ1v) is 7.43. The fourth-order valence-electron chi connectivity index (χ4n) is 2.62. The van der Waals surface area contributed by atoms with E-state index in [1.807, 2.05) is 32.0 Å². The fraction of sp³-hybridized carbons (Fsp3) is 0.294. The summed E-state index contributed by atoms with van der Waals surface area (Å²) in [5, 5.41) is 0.413. The van der Waals surface area contributed by atoms with Crippen LogP contribution in [-0.2, 0) is 0 Å². The molecule has 2 N–H and O–H groups in total. The summed E-state index contributed by atoms with van der Waals surface area (Å²) in [7, 11) is 0. The zero-order chi connectivity index (χ0) is 15.4. The third kappa shape index (κ3) is 3.36. The van der Waals surface area contributed by atoms with E-state index >= 15 is 0 Å². The van der Waals surface area contributed by atoms with Crippen molar-refractivity contribution in [3.8, 4) is 0 Å². The monoisotopic (exact) mass is 306 g/mol. The van der Waals surface area contributed by atoms with Crippen LogP contribution in [0.2, 0.25) is 5.02 Å². The highest BCUT2D eigenvalue weighted by Gasteiger charge is 2.23. The Labute approximate surface area is 130 Å². The molecule has 0 saturated heterocycles. The lowest BCUT2D eigenvalue weighted by atomic mass is 10.0. The Morgan fingerprint density at radius 1 is 1.24 bits per heavy atom. The van der Waals surface area contributed by atoms with E-state index in [-0.39, 0.29) is 11.9 Å². The summed E-state index contributed by atoms with van der Waals surface area (Å²) in [5.74, 6) is -0.316. The summed E-state index contributed by atoms with van der Waals surface area (Å²) in [5.41, 5.74) is 8.57. The van der Waals surface area contributed by atoms with E-state index in [0.717, 1.165) is 17.8 Å². The number of likely N-dealkylation sites (N-methyl/N-ethyl adjacent to an activating group) is 1. The van der Waals surface area contributed by atoms with Gasteiger partial charge in [-0.3, -0.25) is 0 Å². The topological polar surface area (TPSA) is 29.3 Å². The summed E-state index contributed by atoms with van der Waals surface area (Å²) in [4.78, 5) is 2.08. The van der Waals surface area contributed by atoms with Crippen LogP contribution in [0.5, 0.6) is 0 Å². The smallest absolute Gasteiger partial charge is 0.130 e. The number of benzene rings is 2. The van der Waals surface area contributed by atoms with Gasteiger partial charge in [0.25, 0.3) is 0 Å². The van der Waals surface area contributed by atoms with Crippen LogP contribution in [0.1, 0.15) is 24.1 Å². The lowest BCUT2D eigenvalue weighted by Crippen LogP contribution is -2.34. The van der Waals surface area contributed by atoms with E-state index in [9.17, 15) is 4.39 Å². The number of halogens is 2. The van der Waals surface area contributed by atoms with Gasteiger partial charge in [-0.05, 0) is 43.7 Å². The van der Waals surface area contributed by atoms with Gasteiger partial charge in [0.2, 0.25) is 0 Å². The second-order valence-electron chi connectivity index (χ2n) is 5.01. The predicted molar refractivity (Wildman–Crippen MR) is 87.4 cm³/mol. The van der Waals surface area contributed by atoms with E-state index in [4.69, 9.17) is 17.3 Å². The van der Waals surface area contributed by atoms with Gasteiger partial charge in [-0.2, -0.15) is 0 Å². The maximum Gasteiger partial charge on any atom is 0.130 e. The third-order valence-corrected chi connectivity index (χ3v) is 3.94. The van der Waals surface area contributed by atoms with Gasteiger partial charge in [-0.1, -0.05) is 29.8 Å². The number of anilines is 1. The molecule has 2 nitrogen and oxygen atoms in total. The molecule has 0 amide bonds. The second-order valence-corrected chi connectivity index (χ2v) is 5.42. The number of rotatable bonds is 5. The van der Waals surface area contributed by atoms with E-state index in [2.05, 4.69) is 11.0 Å². The van der Waals surface area contributed by atoms with Crippen molar-refractivity contribution in [2.24, 2.45) is 5.73 Å². The fourth-order valence-corrected chi connectivity index (χ4v) is 2.91. The van der Waals surface area contributed by atoms with Crippen molar-refractivity contribution in [3.63, 3.8) is 0 Å². The van der Waals surface area contributed by atoms with Crippen LogP contribution in [0.15, 0.2) is 42.5 Å². The van der Waals surface area contributed by atoms with Gasteiger partial charge in [0.15, 0.2) is 0 Å². The summed E-state index contributed by atoms with van der Waals surface area (Å²) in [6.07, 6.45) is 0. The van der Waals surface area contributed by atoms with E-state index in [0.29, 0.717) is 17.1 Å². The normalized spacial score (nSPS) is 12.2. The van der Waals surface area contributed by atoms with Gasteiger partial charge < -0.3 is 10.6 Å². The van der Waals surface area contributed by atoms with Crippen molar-refractivity contribution in [3.05, 3.63) is 64.4 Å². The van der Waals surface area contributed by atoms with Gasteiger partial charge >= 0.3 is 0 Å². The first-order chi connectivity index (χ1) is 10.1. The Bertz CT molecular complexity index is 595. The van der Waals surface area contributed by atoms with E-state index in [1.165, 1.54) is 6.07 Å². The first-order valence-electron chi connectivity index (χ1n) is 7.05. The molecule has 0 fully saturated rings. The van der Waals surface area contributed by atoms with Crippen molar-refractivity contribution in [2.75, 3.05) is 18.0 Å². The largest absolute Gasteiger partial charge is 0.363 e. The molecule has 0 heterocycles. The second kappa shape index (κ2) is 6.92. The molecule has 1 unspecified atom stereocenters. The molecular formula is C17H20ClFN2. The molecule has 0 saturated carbocycles. The van der Waals surface area contributed by atoms with Crippen LogP contribution in [0.3, 0.4) is 0 Å². The molecule has 0 aliphatic rings. The molecule has 0 aliphatic carbocycles. The molecule has 4 heteroatoms. The SMILES string of the molecule is CCN(c1cccc(C)c1)C(CN)c1c(F)cccc1Cl. The highest BCUT2D eigenvalue weighted by Crippen LogP contribution is 2.32. The number of hydrogen-bond donors (Lipinski definition) is 1. The molecule has 2 aromatic carbocycles. The molecule has 0 radical (unpaired) electrons. The number of nitrogens with two attached hydrogens (primary N) is 1. The van der Waals surface area contributed by atoms with Crippen LogP contribution in [0, 0.1) is 12.7 Å². The van der Waals surface area contributed by atoms with Gasteiger partial charge in [-0.15, -0.1) is 0 Å². The van der Waals surface area contributed by atoms with Crippen LogP contribution in [-0.4, -0.2) is 13.1 Å². The maximum atomic E-state index is 14.2. The zero-order valence-corrected chi connectivity index (χ0v) is 13.1. The molecule has 2 aromatic rings. The standard InChI is InChI=1S/C17H20ClFN2/c1-3-21(13-7-4-6-12(2)10-13)16(11-20)17-14(18)8-5-9-15(17)19/h4-10,16H,3,11,20H2,1-2H3. The highest BCUT2D eigenvalue weighted by molar-refractivity contribution is 6.31. The van der Waals surface area contributed by atoms with Crippen LogP contribution >= 0.6 is 11.6 Å². The van der Waals surface area contributed by atoms with Crippen molar-refractivity contribution < 1.29 is 4.39 Å². The molecule has 1 atom stereocenters. The Hall–Kier alpha value is -1.58. The van der Waals surface area contributed by atoms with Crippen LogP contribution in [0.25, 0.3) is 0 Å². The molecule has 0 spiro atoms. The number of aryl methyl sites for hydroxylation is 1.